The van der Waals surface area contributed by atoms with Gasteiger partial charge in [0.2, 0.25) is 5.91 Å². The zero-order valence-electron chi connectivity index (χ0n) is 12.2. The number of aromatic nitrogens is 2. The van der Waals surface area contributed by atoms with Crippen molar-refractivity contribution in [2.45, 2.75) is 11.9 Å². The van der Waals surface area contributed by atoms with Crippen LogP contribution in [0.15, 0.2) is 48.5 Å². The molecule has 1 unspecified atom stereocenters. The molecule has 116 valence electrons. The molecule has 2 heterocycles. The van der Waals surface area contributed by atoms with Crippen LogP contribution in [0.25, 0.3) is 11.0 Å². The molecule has 4 nitrogen and oxygen atoms in total. The summed E-state index contributed by atoms with van der Waals surface area (Å²) in [6.45, 7) is 0.455. The van der Waals surface area contributed by atoms with E-state index in [1.54, 1.807) is 11.8 Å². The molecule has 23 heavy (non-hydrogen) atoms. The van der Waals surface area contributed by atoms with Crippen molar-refractivity contribution in [2.24, 2.45) is 0 Å². The number of para-hydroxylation sites is 2. The number of fused-ring (bicyclic) bond motifs is 1. The van der Waals surface area contributed by atoms with E-state index in [9.17, 15) is 4.79 Å². The van der Waals surface area contributed by atoms with Gasteiger partial charge in [0.05, 0.1) is 23.3 Å². The molecule has 0 spiro atoms. The SMILES string of the molecule is O=C1CSC(c2ccccc2Cl)N1Cc1nc2ccccc2[nH]1. The van der Waals surface area contributed by atoms with Gasteiger partial charge in [-0.25, -0.2) is 4.98 Å². The van der Waals surface area contributed by atoms with E-state index < -0.39 is 0 Å². The van der Waals surface area contributed by atoms with Crippen LogP contribution in [0.3, 0.4) is 0 Å². The average molecular weight is 344 g/mol. The van der Waals surface area contributed by atoms with Crippen molar-refractivity contribution >= 4 is 40.3 Å². The Balaban J connectivity index is 1.65. The Labute approximate surface area is 142 Å². The van der Waals surface area contributed by atoms with E-state index in [2.05, 4.69) is 9.97 Å². The van der Waals surface area contributed by atoms with Crippen LogP contribution in [0.4, 0.5) is 0 Å². The normalized spacial score (nSPS) is 18.0. The molecule has 1 aliphatic heterocycles. The third-order valence-corrected chi connectivity index (χ3v) is 5.48. The van der Waals surface area contributed by atoms with Crippen LogP contribution in [0.1, 0.15) is 16.8 Å². The van der Waals surface area contributed by atoms with Crippen molar-refractivity contribution in [1.82, 2.24) is 14.9 Å². The average Bonchev–Trinajstić information content (AvgIpc) is 3.12. The molecule has 0 bridgehead atoms. The minimum absolute atomic E-state index is 0.0654. The number of carbonyl (C=O) groups excluding carboxylic acids is 1. The van der Waals surface area contributed by atoms with E-state index in [-0.39, 0.29) is 11.3 Å². The number of benzene rings is 2. The summed E-state index contributed by atoms with van der Waals surface area (Å²) < 4.78 is 0. The summed E-state index contributed by atoms with van der Waals surface area (Å²) in [5.74, 6) is 1.37. The number of nitrogens with one attached hydrogen (secondary N) is 1. The van der Waals surface area contributed by atoms with Crippen molar-refractivity contribution < 1.29 is 4.79 Å². The Kier molecular flexibility index (Phi) is 3.75. The van der Waals surface area contributed by atoms with Crippen LogP contribution < -0.4 is 0 Å². The van der Waals surface area contributed by atoms with Gasteiger partial charge in [0.25, 0.3) is 0 Å². The largest absolute Gasteiger partial charge is 0.340 e. The predicted octanol–water partition coefficient (Wildman–Crippen LogP) is 3.99. The monoisotopic (exact) mass is 343 g/mol. The van der Waals surface area contributed by atoms with E-state index in [4.69, 9.17) is 11.6 Å². The number of hydrogen-bond donors (Lipinski definition) is 1. The number of H-pyrrole nitrogens is 1. The molecule has 1 fully saturated rings. The van der Waals surface area contributed by atoms with Crippen molar-refractivity contribution in [3.63, 3.8) is 0 Å². The number of thioether (sulfide) groups is 1. The Bertz CT molecular complexity index is 846. The highest BCUT2D eigenvalue weighted by molar-refractivity contribution is 8.00. The highest BCUT2D eigenvalue weighted by Crippen LogP contribution is 2.41. The summed E-state index contributed by atoms with van der Waals surface area (Å²) in [7, 11) is 0. The van der Waals surface area contributed by atoms with Gasteiger partial charge in [-0.15, -0.1) is 11.8 Å². The second-order valence-electron chi connectivity index (χ2n) is 5.41. The summed E-state index contributed by atoms with van der Waals surface area (Å²) in [4.78, 5) is 22.0. The van der Waals surface area contributed by atoms with Gasteiger partial charge in [0, 0.05) is 10.6 Å². The highest BCUT2D eigenvalue weighted by Gasteiger charge is 2.34. The minimum atomic E-state index is -0.0654. The zero-order valence-corrected chi connectivity index (χ0v) is 13.8. The maximum Gasteiger partial charge on any atom is 0.234 e. The van der Waals surface area contributed by atoms with E-state index in [0.717, 1.165) is 22.4 Å². The summed E-state index contributed by atoms with van der Waals surface area (Å²) in [6, 6.07) is 15.5. The molecular formula is C17H14ClN3OS. The van der Waals surface area contributed by atoms with E-state index in [0.29, 0.717) is 17.3 Å². The topological polar surface area (TPSA) is 49.0 Å². The summed E-state index contributed by atoms with van der Waals surface area (Å²) in [5.41, 5.74) is 2.87. The zero-order chi connectivity index (χ0) is 15.8. The van der Waals surface area contributed by atoms with Gasteiger partial charge in [0.1, 0.15) is 11.2 Å². The molecule has 4 rings (SSSR count). The minimum Gasteiger partial charge on any atom is -0.340 e. The maximum atomic E-state index is 12.3. The molecule has 1 aliphatic rings. The first-order chi connectivity index (χ1) is 11.2. The quantitative estimate of drug-likeness (QED) is 0.782. The summed E-state index contributed by atoms with van der Waals surface area (Å²) in [6.07, 6.45) is 0. The molecule has 1 atom stereocenters. The first-order valence-electron chi connectivity index (χ1n) is 7.31. The van der Waals surface area contributed by atoms with E-state index >= 15 is 0 Å². The van der Waals surface area contributed by atoms with Gasteiger partial charge in [-0.2, -0.15) is 0 Å². The fourth-order valence-corrected chi connectivity index (χ4v) is 4.33. The lowest BCUT2D eigenvalue weighted by Gasteiger charge is -2.24. The van der Waals surface area contributed by atoms with Crippen LogP contribution in [-0.4, -0.2) is 26.5 Å². The summed E-state index contributed by atoms with van der Waals surface area (Å²) in [5, 5.41) is 0.624. The fraction of sp³-hybridized carbons (Fsp3) is 0.176. The van der Waals surface area contributed by atoms with Gasteiger partial charge >= 0.3 is 0 Å². The first-order valence-corrected chi connectivity index (χ1v) is 8.74. The third kappa shape index (κ3) is 2.71. The maximum absolute atomic E-state index is 12.3. The Morgan fingerprint density at radius 1 is 1.22 bits per heavy atom. The number of halogens is 1. The first kappa shape index (κ1) is 14.6. The highest BCUT2D eigenvalue weighted by atomic mass is 35.5. The van der Waals surface area contributed by atoms with Crippen molar-refractivity contribution in [1.29, 1.82) is 0 Å². The second-order valence-corrected chi connectivity index (χ2v) is 6.88. The Hall–Kier alpha value is -1.98. The lowest BCUT2D eigenvalue weighted by atomic mass is 10.2. The third-order valence-electron chi connectivity index (χ3n) is 3.90. The number of imidazole rings is 1. The molecule has 0 radical (unpaired) electrons. The second kappa shape index (κ2) is 5.91. The lowest BCUT2D eigenvalue weighted by Crippen LogP contribution is -2.28. The predicted molar refractivity (Wildman–Crippen MR) is 93.3 cm³/mol. The number of hydrogen-bond acceptors (Lipinski definition) is 3. The van der Waals surface area contributed by atoms with Crippen LogP contribution in [0.2, 0.25) is 5.02 Å². The smallest absolute Gasteiger partial charge is 0.234 e. The molecule has 1 N–H and O–H groups in total. The standard InChI is InChI=1S/C17H14ClN3OS/c18-12-6-2-1-5-11(12)17-21(16(22)10-23-17)9-15-19-13-7-3-4-8-14(13)20-15/h1-8,17H,9-10H2,(H,19,20). The molecule has 0 aliphatic carbocycles. The Morgan fingerprint density at radius 3 is 2.83 bits per heavy atom. The van der Waals surface area contributed by atoms with Gasteiger partial charge in [-0.3, -0.25) is 4.79 Å². The number of rotatable bonds is 3. The van der Waals surface area contributed by atoms with Crippen molar-refractivity contribution in [3.05, 3.63) is 64.9 Å². The molecule has 1 aromatic heterocycles. The summed E-state index contributed by atoms with van der Waals surface area (Å²) >= 11 is 7.91. The number of nitrogens with zero attached hydrogens (tertiary/aromatic N) is 2. The fourth-order valence-electron chi connectivity index (χ4n) is 2.80. The van der Waals surface area contributed by atoms with Crippen molar-refractivity contribution in [3.8, 4) is 0 Å². The molecule has 6 heteroatoms. The van der Waals surface area contributed by atoms with Gasteiger partial charge in [-0.1, -0.05) is 41.9 Å². The van der Waals surface area contributed by atoms with Gasteiger partial charge < -0.3 is 9.88 Å². The molecular weight excluding hydrogens is 330 g/mol. The van der Waals surface area contributed by atoms with Crippen LogP contribution in [0, 0.1) is 0 Å². The molecule has 3 aromatic rings. The molecule has 1 amide bonds. The number of amides is 1. The number of carbonyl (C=O) groups is 1. The van der Waals surface area contributed by atoms with Crippen LogP contribution in [-0.2, 0) is 11.3 Å². The molecule has 2 aromatic carbocycles. The molecule has 0 saturated carbocycles. The lowest BCUT2D eigenvalue weighted by molar-refractivity contribution is -0.128. The van der Waals surface area contributed by atoms with E-state index in [1.807, 2.05) is 53.4 Å². The Morgan fingerprint density at radius 2 is 2.00 bits per heavy atom. The van der Waals surface area contributed by atoms with Gasteiger partial charge in [-0.05, 0) is 18.2 Å². The van der Waals surface area contributed by atoms with Crippen LogP contribution in [0.5, 0.6) is 0 Å². The molecule has 1 saturated heterocycles. The van der Waals surface area contributed by atoms with Gasteiger partial charge in [0.15, 0.2) is 0 Å². The van der Waals surface area contributed by atoms with Crippen LogP contribution >= 0.6 is 23.4 Å². The van der Waals surface area contributed by atoms with E-state index in [1.165, 1.54) is 0 Å². The van der Waals surface area contributed by atoms with Crippen molar-refractivity contribution in [2.75, 3.05) is 5.75 Å². The number of aromatic amines is 1.